The molecule has 2 amide bonds. The van der Waals surface area contributed by atoms with Gasteiger partial charge < -0.3 is 10.3 Å². The minimum Gasteiger partial charge on any atom is -0.361 e. The van der Waals surface area contributed by atoms with Crippen molar-refractivity contribution in [2.45, 2.75) is 6.92 Å². The Kier molecular flexibility index (Phi) is 5.39. The molecule has 0 fully saturated rings. The highest BCUT2D eigenvalue weighted by Gasteiger charge is 2.09. The average Bonchev–Trinajstić information content (AvgIpc) is 3.17. The number of hydrogen-bond donors (Lipinski definition) is 3. The average molecular weight is 396 g/mol. The van der Waals surface area contributed by atoms with E-state index in [4.69, 9.17) is 0 Å². The minimum atomic E-state index is -0.363. The molecule has 6 heteroatoms. The molecule has 3 aromatic carbocycles. The van der Waals surface area contributed by atoms with Gasteiger partial charge in [0.1, 0.15) is 0 Å². The molecule has 0 atom stereocenters. The molecular formula is C24H20N4O2. The van der Waals surface area contributed by atoms with Crippen LogP contribution in [0.2, 0.25) is 0 Å². The normalized spacial score (nSPS) is 11.0. The van der Waals surface area contributed by atoms with Gasteiger partial charge in [-0.25, -0.2) is 5.43 Å². The second kappa shape index (κ2) is 8.45. The smallest absolute Gasteiger partial charge is 0.271 e. The number of hydrogen-bond acceptors (Lipinski definition) is 3. The van der Waals surface area contributed by atoms with Crippen LogP contribution in [0.5, 0.6) is 0 Å². The zero-order valence-electron chi connectivity index (χ0n) is 16.3. The largest absolute Gasteiger partial charge is 0.361 e. The number of hydrazone groups is 1. The van der Waals surface area contributed by atoms with Gasteiger partial charge in [0.25, 0.3) is 11.8 Å². The van der Waals surface area contributed by atoms with Crippen LogP contribution < -0.4 is 10.7 Å². The van der Waals surface area contributed by atoms with Crippen molar-refractivity contribution >= 4 is 34.6 Å². The molecule has 6 nitrogen and oxygen atoms in total. The SMILES string of the molecule is Cc1ccc(C(=O)Nc2cccc(C(=O)N/N=C\c3c[nH]c4ccccc34)c2)cc1. The van der Waals surface area contributed by atoms with E-state index in [1.165, 1.54) is 0 Å². The molecule has 0 bridgehead atoms. The maximum absolute atomic E-state index is 12.4. The van der Waals surface area contributed by atoms with Crippen molar-refractivity contribution in [3.8, 4) is 0 Å². The highest BCUT2D eigenvalue weighted by Crippen LogP contribution is 2.16. The summed E-state index contributed by atoms with van der Waals surface area (Å²) in [5, 5.41) is 7.89. The minimum absolute atomic E-state index is 0.232. The Balaban J connectivity index is 1.42. The third-order valence-electron chi connectivity index (χ3n) is 4.69. The molecular weight excluding hydrogens is 376 g/mol. The van der Waals surface area contributed by atoms with E-state index in [0.717, 1.165) is 22.0 Å². The van der Waals surface area contributed by atoms with Crippen molar-refractivity contribution < 1.29 is 9.59 Å². The van der Waals surface area contributed by atoms with Gasteiger partial charge >= 0.3 is 0 Å². The summed E-state index contributed by atoms with van der Waals surface area (Å²) in [6, 6.07) is 21.9. The van der Waals surface area contributed by atoms with E-state index in [2.05, 4.69) is 20.8 Å². The second-order valence-electron chi connectivity index (χ2n) is 6.89. The summed E-state index contributed by atoms with van der Waals surface area (Å²) in [6.07, 6.45) is 3.43. The first kappa shape index (κ1) is 19.1. The standard InChI is InChI=1S/C24H20N4O2/c1-16-9-11-17(12-10-16)23(29)27-20-6-4-5-18(13-20)24(30)28-26-15-19-14-25-22-8-3-2-7-21(19)22/h2-15,25H,1H3,(H,27,29)(H,28,30)/b26-15-. The maximum Gasteiger partial charge on any atom is 0.271 e. The number of anilines is 1. The molecule has 0 aliphatic rings. The van der Waals surface area contributed by atoms with E-state index in [9.17, 15) is 9.59 Å². The number of fused-ring (bicyclic) bond motifs is 1. The molecule has 4 rings (SSSR count). The number of aromatic nitrogens is 1. The van der Waals surface area contributed by atoms with Crippen LogP contribution in [-0.4, -0.2) is 23.0 Å². The van der Waals surface area contributed by atoms with E-state index in [1.807, 2.05) is 49.5 Å². The number of carbonyl (C=O) groups excluding carboxylic acids is 2. The van der Waals surface area contributed by atoms with Crippen molar-refractivity contribution in [1.82, 2.24) is 10.4 Å². The van der Waals surface area contributed by atoms with E-state index >= 15 is 0 Å². The summed E-state index contributed by atoms with van der Waals surface area (Å²) in [7, 11) is 0. The molecule has 0 aliphatic heterocycles. The Morgan fingerprint density at radius 2 is 1.70 bits per heavy atom. The lowest BCUT2D eigenvalue weighted by Crippen LogP contribution is -2.18. The van der Waals surface area contributed by atoms with Gasteiger partial charge in [-0.1, -0.05) is 42.0 Å². The molecule has 30 heavy (non-hydrogen) atoms. The first-order chi connectivity index (χ1) is 14.6. The van der Waals surface area contributed by atoms with Crippen LogP contribution in [0.4, 0.5) is 5.69 Å². The quantitative estimate of drug-likeness (QED) is 0.343. The Morgan fingerprint density at radius 3 is 2.53 bits per heavy atom. The molecule has 1 heterocycles. The van der Waals surface area contributed by atoms with Gasteiger partial charge in [-0.15, -0.1) is 0 Å². The van der Waals surface area contributed by atoms with Crippen molar-refractivity contribution in [1.29, 1.82) is 0 Å². The van der Waals surface area contributed by atoms with E-state index in [0.29, 0.717) is 16.8 Å². The second-order valence-corrected chi connectivity index (χ2v) is 6.89. The lowest BCUT2D eigenvalue weighted by Gasteiger charge is -2.07. The molecule has 3 N–H and O–H groups in total. The molecule has 1 aromatic heterocycles. The van der Waals surface area contributed by atoms with Crippen LogP contribution in [0.3, 0.4) is 0 Å². The zero-order valence-corrected chi connectivity index (χ0v) is 16.3. The molecule has 4 aromatic rings. The monoisotopic (exact) mass is 396 g/mol. The molecule has 0 unspecified atom stereocenters. The van der Waals surface area contributed by atoms with Crippen molar-refractivity contribution in [2.24, 2.45) is 5.10 Å². The van der Waals surface area contributed by atoms with Crippen LogP contribution in [0.25, 0.3) is 10.9 Å². The molecule has 0 saturated heterocycles. The van der Waals surface area contributed by atoms with Gasteiger partial charge in [-0.3, -0.25) is 9.59 Å². The van der Waals surface area contributed by atoms with Crippen LogP contribution in [0.1, 0.15) is 31.8 Å². The number of amides is 2. The number of aromatic amines is 1. The van der Waals surface area contributed by atoms with Gasteiger partial charge in [-0.2, -0.15) is 5.10 Å². The highest BCUT2D eigenvalue weighted by molar-refractivity contribution is 6.05. The van der Waals surface area contributed by atoms with Crippen molar-refractivity contribution in [2.75, 3.05) is 5.32 Å². The van der Waals surface area contributed by atoms with Crippen LogP contribution in [0, 0.1) is 6.92 Å². The number of aryl methyl sites for hydroxylation is 1. The lowest BCUT2D eigenvalue weighted by atomic mass is 10.1. The number of benzene rings is 3. The fourth-order valence-corrected chi connectivity index (χ4v) is 3.07. The fraction of sp³-hybridized carbons (Fsp3) is 0.0417. The Hall–Kier alpha value is -4.19. The summed E-state index contributed by atoms with van der Waals surface area (Å²) in [6.45, 7) is 1.96. The number of nitrogens with one attached hydrogen (secondary N) is 3. The number of nitrogens with zero attached hydrogens (tertiary/aromatic N) is 1. The van der Waals surface area contributed by atoms with Gasteiger partial charge in [0, 0.05) is 39.5 Å². The molecule has 0 radical (unpaired) electrons. The number of carbonyl (C=O) groups is 2. The Morgan fingerprint density at radius 1 is 0.900 bits per heavy atom. The van der Waals surface area contributed by atoms with Crippen molar-refractivity contribution in [3.63, 3.8) is 0 Å². The fourth-order valence-electron chi connectivity index (χ4n) is 3.07. The van der Waals surface area contributed by atoms with Gasteiger partial charge in [0.2, 0.25) is 0 Å². The van der Waals surface area contributed by atoms with Crippen molar-refractivity contribution in [3.05, 3.63) is 101 Å². The zero-order chi connectivity index (χ0) is 20.9. The lowest BCUT2D eigenvalue weighted by molar-refractivity contribution is 0.0953. The van der Waals surface area contributed by atoms with Crippen LogP contribution >= 0.6 is 0 Å². The summed E-state index contributed by atoms with van der Waals surface area (Å²) < 4.78 is 0. The summed E-state index contributed by atoms with van der Waals surface area (Å²) >= 11 is 0. The molecule has 148 valence electrons. The van der Waals surface area contributed by atoms with E-state index in [1.54, 1.807) is 42.6 Å². The highest BCUT2D eigenvalue weighted by atomic mass is 16.2. The first-order valence-electron chi connectivity index (χ1n) is 9.48. The van der Waals surface area contributed by atoms with E-state index in [-0.39, 0.29) is 11.8 Å². The third-order valence-corrected chi connectivity index (χ3v) is 4.69. The Labute approximate surface area is 173 Å². The third kappa shape index (κ3) is 4.28. The van der Waals surface area contributed by atoms with Gasteiger partial charge in [0.05, 0.1) is 6.21 Å². The van der Waals surface area contributed by atoms with Gasteiger partial charge in [0.15, 0.2) is 0 Å². The summed E-state index contributed by atoms with van der Waals surface area (Å²) in [5.74, 6) is -0.595. The predicted octanol–water partition coefficient (Wildman–Crippen LogP) is 4.49. The van der Waals surface area contributed by atoms with E-state index < -0.39 is 0 Å². The van der Waals surface area contributed by atoms with Crippen LogP contribution in [-0.2, 0) is 0 Å². The van der Waals surface area contributed by atoms with Gasteiger partial charge in [-0.05, 0) is 43.3 Å². The summed E-state index contributed by atoms with van der Waals surface area (Å²) in [4.78, 5) is 28.0. The predicted molar refractivity (Wildman–Crippen MR) is 119 cm³/mol. The summed E-state index contributed by atoms with van der Waals surface area (Å²) in [5.41, 5.74) is 6.97. The molecule has 0 aliphatic carbocycles. The number of H-pyrrole nitrogens is 1. The maximum atomic E-state index is 12.4. The topological polar surface area (TPSA) is 86.3 Å². The number of para-hydroxylation sites is 1. The molecule has 0 saturated carbocycles. The Bertz CT molecular complexity index is 1240. The number of rotatable bonds is 5. The first-order valence-corrected chi connectivity index (χ1v) is 9.48. The van der Waals surface area contributed by atoms with Crippen LogP contribution in [0.15, 0.2) is 84.1 Å². The molecule has 0 spiro atoms.